The van der Waals surface area contributed by atoms with E-state index in [4.69, 9.17) is 11.6 Å². The summed E-state index contributed by atoms with van der Waals surface area (Å²) in [7, 11) is 0. The molecule has 1 aliphatic rings. The van der Waals surface area contributed by atoms with Crippen LogP contribution in [0.5, 0.6) is 0 Å². The second-order valence-corrected chi connectivity index (χ2v) is 7.44. The lowest BCUT2D eigenvalue weighted by Crippen LogP contribution is -2.56. The zero-order valence-electron chi connectivity index (χ0n) is 10.9. The highest BCUT2D eigenvalue weighted by Crippen LogP contribution is 2.27. The summed E-state index contributed by atoms with van der Waals surface area (Å²) in [6.45, 7) is 0. The minimum absolute atomic E-state index is 0.205. The average molecular weight is 334 g/mol. The fourth-order valence-corrected chi connectivity index (χ4v) is 4.43. The van der Waals surface area contributed by atoms with Crippen LogP contribution in [0, 0.1) is 0 Å². The van der Waals surface area contributed by atoms with Crippen molar-refractivity contribution in [1.82, 2.24) is 5.32 Å². The number of amides is 1. The molecule has 2 heterocycles. The largest absolute Gasteiger partial charge is 0.480 e. The maximum Gasteiger partial charge on any atom is 0.329 e. The summed E-state index contributed by atoms with van der Waals surface area (Å²) in [6, 6.07) is 1.84. The number of carbonyl (C=O) groups is 2. The van der Waals surface area contributed by atoms with Crippen molar-refractivity contribution in [1.29, 1.82) is 0 Å². The summed E-state index contributed by atoms with van der Waals surface area (Å²) >= 11 is 9.06. The Bertz CT molecular complexity index is 498. The van der Waals surface area contributed by atoms with Crippen LogP contribution < -0.4 is 5.32 Å². The molecule has 7 heteroatoms. The van der Waals surface area contributed by atoms with Crippen LogP contribution >= 0.6 is 34.7 Å². The lowest BCUT2D eigenvalue weighted by Gasteiger charge is -2.33. The molecule has 1 saturated heterocycles. The van der Waals surface area contributed by atoms with Gasteiger partial charge in [-0.25, -0.2) is 4.79 Å². The van der Waals surface area contributed by atoms with Gasteiger partial charge in [-0.2, -0.15) is 11.8 Å². The highest BCUT2D eigenvalue weighted by molar-refractivity contribution is 7.99. The molecule has 110 valence electrons. The fraction of sp³-hybridized carbons (Fsp3) is 0.538. The molecule has 2 N–H and O–H groups in total. The highest BCUT2D eigenvalue weighted by Gasteiger charge is 2.41. The molecule has 20 heavy (non-hydrogen) atoms. The second-order valence-electron chi connectivity index (χ2n) is 4.78. The van der Waals surface area contributed by atoms with E-state index in [0.29, 0.717) is 30.7 Å². The third-order valence-electron chi connectivity index (χ3n) is 3.35. The molecule has 0 saturated carbocycles. The highest BCUT2D eigenvalue weighted by atomic mass is 35.5. The van der Waals surface area contributed by atoms with Crippen LogP contribution in [0.2, 0.25) is 5.02 Å². The van der Waals surface area contributed by atoms with E-state index in [1.807, 2.05) is 11.4 Å². The van der Waals surface area contributed by atoms with E-state index in [0.717, 1.165) is 16.4 Å². The Morgan fingerprint density at radius 2 is 2.10 bits per heavy atom. The van der Waals surface area contributed by atoms with Gasteiger partial charge in [0.15, 0.2) is 0 Å². The van der Waals surface area contributed by atoms with Crippen LogP contribution in [0.15, 0.2) is 11.4 Å². The van der Waals surface area contributed by atoms with Crippen molar-refractivity contribution in [3.63, 3.8) is 0 Å². The SMILES string of the molecule is O=C(CCc1cc(Cl)cs1)NC1(C(=O)O)CCSCC1. The number of carboxylic acid groups (broad SMARTS) is 1. The van der Waals surface area contributed by atoms with Crippen LogP contribution in [0.1, 0.15) is 24.1 Å². The molecule has 4 nitrogen and oxygen atoms in total. The molecule has 0 atom stereocenters. The first-order chi connectivity index (χ1) is 9.52. The number of hydrogen-bond acceptors (Lipinski definition) is 4. The van der Waals surface area contributed by atoms with E-state index in [9.17, 15) is 14.7 Å². The van der Waals surface area contributed by atoms with E-state index >= 15 is 0 Å². The number of aryl methyl sites for hydroxylation is 1. The number of aliphatic carboxylic acids is 1. The average Bonchev–Trinajstić information content (AvgIpc) is 2.83. The summed E-state index contributed by atoms with van der Waals surface area (Å²) in [5, 5.41) is 14.6. The molecule has 0 aromatic carbocycles. The third-order valence-corrected chi connectivity index (χ3v) is 5.68. The number of rotatable bonds is 5. The summed E-state index contributed by atoms with van der Waals surface area (Å²) in [6.07, 6.45) is 1.86. The van der Waals surface area contributed by atoms with Gasteiger partial charge in [0, 0.05) is 16.7 Å². The maximum absolute atomic E-state index is 12.0. The number of hydrogen-bond donors (Lipinski definition) is 2. The van der Waals surface area contributed by atoms with E-state index in [1.165, 1.54) is 11.3 Å². The number of nitrogens with one attached hydrogen (secondary N) is 1. The molecule has 1 aromatic rings. The summed E-state index contributed by atoms with van der Waals surface area (Å²) < 4.78 is 0. The Balaban J connectivity index is 1.90. The van der Waals surface area contributed by atoms with Gasteiger partial charge in [-0.1, -0.05) is 11.6 Å². The van der Waals surface area contributed by atoms with Crippen molar-refractivity contribution in [3.8, 4) is 0 Å². The molecular weight excluding hydrogens is 318 g/mol. The van der Waals surface area contributed by atoms with Crippen molar-refractivity contribution < 1.29 is 14.7 Å². The monoisotopic (exact) mass is 333 g/mol. The van der Waals surface area contributed by atoms with Gasteiger partial charge in [0.25, 0.3) is 0 Å². The Morgan fingerprint density at radius 3 is 2.65 bits per heavy atom. The van der Waals surface area contributed by atoms with Crippen molar-refractivity contribution in [2.45, 2.75) is 31.2 Å². The zero-order valence-corrected chi connectivity index (χ0v) is 13.2. The number of carbonyl (C=O) groups excluding carboxylic acids is 1. The van der Waals surface area contributed by atoms with Crippen LogP contribution in [-0.4, -0.2) is 34.0 Å². The zero-order chi connectivity index (χ0) is 14.6. The molecule has 0 aliphatic carbocycles. The third kappa shape index (κ3) is 3.90. The number of carboxylic acids is 1. The first kappa shape index (κ1) is 15.7. The predicted octanol–water partition coefficient (Wildman–Crippen LogP) is 2.80. The van der Waals surface area contributed by atoms with Crippen molar-refractivity contribution in [2.75, 3.05) is 11.5 Å². The predicted molar refractivity (Wildman–Crippen MR) is 82.7 cm³/mol. The molecular formula is C13H16ClNO3S2. The molecule has 0 bridgehead atoms. The molecule has 1 fully saturated rings. The second kappa shape index (κ2) is 6.83. The number of thioether (sulfide) groups is 1. The van der Waals surface area contributed by atoms with Crippen LogP contribution in [0.3, 0.4) is 0 Å². The first-order valence-corrected chi connectivity index (χ1v) is 8.78. The molecule has 0 unspecified atom stereocenters. The maximum atomic E-state index is 12.0. The minimum Gasteiger partial charge on any atom is -0.480 e. The number of thiophene rings is 1. The van der Waals surface area contributed by atoms with Crippen molar-refractivity contribution in [2.24, 2.45) is 0 Å². The normalized spacial score (nSPS) is 17.6. The lowest BCUT2D eigenvalue weighted by atomic mass is 9.92. The summed E-state index contributed by atoms with van der Waals surface area (Å²) in [5.41, 5.74) is -1.07. The molecule has 1 aromatic heterocycles. The van der Waals surface area contributed by atoms with Crippen molar-refractivity contribution in [3.05, 3.63) is 21.3 Å². The standard InChI is InChI=1S/C13H16ClNO3S2/c14-9-7-10(20-8-9)1-2-11(16)15-13(12(17)18)3-5-19-6-4-13/h7-8H,1-6H2,(H,15,16)(H,17,18). The molecule has 1 amide bonds. The van der Waals surface area contributed by atoms with Gasteiger partial charge in [-0.3, -0.25) is 4.79 Å². The lowest BCUT2D eigenvalue weighted by molar-refractivity contribution is -0.148. The van der Waals surface area contributed by atoms with E-state index in [1.54, 1.807) is 11.8 Å². The van der Waals surface area contributed by atoms with E-state index < -0.39 is 11.5 Å². The Labute approximate surface area is 130 Å². The van der Waals surface area contributed by atoms with Crippen LogP contribution in [0.25, 0.3) is 0 Å². The van der Waals surface area contributed by atoms with Gasteiger partial charge in [0.2, 0.25) is 5.91 Å². The Kier molecular flexibility index (Phi) is 5.35. The smallest absolute Gasteiger partial charge is 0.329 e. The topological polar surface area (TPSA) is 66.4 Å². The summed E-state index contributed by atoms with van der Waals surface area (Å²) in [4.78, 5) is 24.5. The summed E-state index contributed by atoms with van der Waals surface area (Å²) in [5.74, 6) is 0.411. The van der Waals surface area contributed by atoms with Gasteiger partial charge in [0.05, 0.1) is 5.02 Å². The van der Waals surface area contributed by atoms with Gasteiger partial charge >= 0.3 is 5.97 Å². The van der Waals surface area contributed by atoms with Crippen LogP contribution in [-0.2, 0) is 16.0 Å². The van der Waals surface area contributed by atoms with Gasteiger partial charge in [-0.05, 0) is 36.8 Å². The van der Waals surface area contributed by atoms with Gasteiger partial charge in [-0.15, -0.1) is 11.3 Å². The van der Waals surface area contributed by atoms with Gasteiger partial charge in [0.1, 0.15) is 5.54 Å². The molecule has 1 aliphatic heterocycles. The molecule has 0 radical (unpaired) electrons. The minimum atomic E-state index is -1.07. The quantitative estimate of drug-likeness (QED) is 0.869. The molecule has 2 rings (SSSR count). The van der Waals surface area contributed by atoms with E-state index in [-0.39, 0.29) is 5.91 Å². The van der Waals surface area contributed by atoms with E-state index in [2.05, 4.69) is 5.32 Å². The molecule has 0 spiro atoms. The van der Waals surface area contributed by atoms with Crippen molar-refractivity contribution >= 4 is 46.6 Å². The first-order valence-electron chi connectivity index (χ1n) is 6.37. The van der Waals surface area contributed by atoms with Crippen LogP contribution in [0.4, 0.5) is 0 Å². The Hall–Kier alpha value is -0.720. The fourth-order valence-electron chi connectivity index (χ4n) is 2.16. The Morgan fingerprint density at radius 1 is 1.40 bits per heavy atom. The number of halogens is 1. The van der Waals surface area contributed by atoms with Gasteiger partial charge < -0.3 is 10.4 Å².